The zero-order chi connectivity index (χ0) is 10.2. The molecule has 1 saturated heterocycles. The smallest absolute Gasteiger partial charge is 0.215 e. The highest BCUT2D eigenvalue weighted by molar-refractivity contribution is 7.89. The number of nitrogens with one attached hydrogen (secondary N) is 1. The number of hydrogen-bond acceptors (Lipinski definition) is 3. The lowest BCUT2D eigenvalue weighted by atomic mass is 10.1. The molecule has 1 heterocycles. The molecule has 2 fully saturated rings. The van der Waals surface area contributed by atoms with Crippen LogP contribution in [0.3, 0.4) is 0 Å². The predicted octanol–water partition coefficient (Wildman–Crippen LogP) is 0.0199. The van der Waals surface area contributed by atoms with Gasteiger partial charge in [-0.05, 0) is 32.2 Å². The van der Waals surface area contributed by atoms with Crippen LogP contribution in [0.15, 0.2) is 0 Å². The predicted molar refractivity (Wildman–Crippen MR) is 55.5 cm³/mol. The third-order valence-corrected chi connectivity index (χ3v) is 5.21. The third-order valence-electron chi connectivity index (χ3n) is 3.33. The highest BCUT2D eigenvalue weighted by Gasteiger charge is 2.43. The Morgan fingerprint density at radius 2 is 2.21 bits per heavy atom. The van der Waals surface area contributed by atoms with Crippen LogP contribution in [0, 0.1) is 5.92 Å². The second kappa shape index (κ2) is 3.79. The molecule has 82 valence electrons. The topological polar surface area (TPSA) is 49.4 Å². The molecule has 0 radical (unpaired) electrons. The second-order valence-electron chi connectivity index (χ2n) is 4.32. The van der Waals surface area contributed by atoms with Crippen LogP contribution in [0.4, 0.5) is 0 Å². The van der Waals surface area contributed by atoms with Gasteiger partial charge in [0.25, 0.3) is 0 Å². The largest absolute Gasteiger partial charge is 0.319 e. The quantitative estimate of drug-likeness (QED) is 0.724. The molecule has 14 heavy (non-hydrogen) atoms. The molecule has 2 bridgehead atoms. The zero-order valence-electron chi connectivity index (χ0n) is 8.57. The number of rotatable bonds is 4. The van der Waals surface area contributed by atoms with Crippen molar-refractivity contribution in [2.45, 2.75) is 25.3 Å². The van der Waals surface area contributed by atoms with Crippen molar-refractivity contribution >= 4 is 10.0 Å². The Labute approximate surface area is 85.7 Å². The van der Waals surface area contributed by atoms with Crippen molar-refractivity contribution in [3.63, 3.8) is 0 Å². The van der Waals surface area contributed by atoms with Crippen LogP contribution in [-0.4, -0.2) is 44.7 Å². The van der Waals surface area contributed by atoms with Crippen molar-refractivity contribution in [3.05, 3.63) is 0 Å². The van der Waals surface area contributed by atoms with Gasteiger partial charge in [-0.2, -0.15) is 4.31 Å². The SMILES string of the molecule is CNCCS(=O)(=O)N1CC2CCC1C2. The fourth-order valence-electron chi connectivity index (χ4n) is 2.57. The van der Waals surface area contributed by atoms with Crippen LogP contribution in [-0.2, 0) is 10.0 Å². The summed E-state index contributed by atoms with van der Waals surface area (Å²) in [5.41, 5.74) is 0. The number of hydrogen-bond donors (Lipinski definition) is 1. The average Bonchev–Trinajstić information content (AvgIpc) is 2.75. The molecular weight excluding hydrogens is 200 g/mol. The van der Waals surface area contributed by atoms with Gasteiger partial charge in [0, 0.05) is 19.1 Å². The molecule has 5 heteroatoms. The molecule has 1 N–H and O–H groups in total. The maximum Gasteiger partial charge on any atom is 0.215 e. The Bertz CT molecular complexity index is 302. The lowest BCUT2D eigenvalue weighted by Crippen LogP contribution is -2.40. The molecule has 0 aromatic carbocycles. The monoisotopic (exact) mass is 218 g/mol. The summed E-state index contributed by atoms with van der Waals surface area (Å²) in [7, 11) is -1.20. The van der Waals surface area contributed by atoms with E-state index in [1.54, 1.807) is 11.4 Å². The molecule has 0 aromatic heterocycles. The van der Waals surface area contributed by atoms with Crippen molar-refractivity contribution in [1.29, 1.82) is 0 Å². The van der Waals surface area contributed by atoms with Gasteiger partial charge in [-0.1, -0.05) is 0 Å². The van der Waals surface area contributed by atoms with E-state index in [2.05, 4.69) is 5.32 Å². The first kappa shape index (κ1) is 10.4. The van der Waals surface area contributed by atoms with Gasteiger partial charge < -0.3 is 5.32 Å². The van der Waals surface area contributed by atoms with E-state index in [0.717, 1.165) is 19.4 Å². The highest BCUT2D eigenvalue weighted by atomic mass is 32.2. The second-order valence-corrected chi connectivity index (χ2v) is 6.36. The molecule has 4 nitrogen and oxygen atoms in total. The number of sulfonamides is 1. The zero-order valence-corrected chi connectivity index (χ0v) is 9.39. The van der Waals surface area contributed by atoms with E-state index in [1.807, 2.05) is 0 Å². The van der Waals surface area contributed by atoms with Crippen molar-refractivity contribution in [2.75, 3.05) is 25.9 Å². The lowest BCUT2D eigenvalue weighted by Gasteiger charge is -2.25. The van der Waals surface area contributed by atoms with Crippen LogP contribution in [0.5, 0.6) is 0 Å². The van der Waals surface area contributed by atoms with Gasteiger partial charge >= 0.3 is 0 Å². The van der Waals surface area contributed by atoms with E-state index in [4.69, 9.17) is 0 Å². The van der Waals surface area contributed by atoms with Gasteiger partial charge in [0.1, 0.15) is 0 Å². The molecule has 1 saturated carbocycles. The Morgan fingerprint density at radius 1 is 1.43 bits per heavy atom. The number of fused-ring (bicyclic) bond motifs is 2. The molecule has 2 atom stereocenters. The van der Waals surface area contributed by atoms with Crippen molar-refractivity contribution < 1.29 is 8.42 Å². The number of piperidine rings is 1. The molecule has 1 aliphatic heterocycles. The van der Waals surface area contributed by atoms with Gasteiger partial charge in [0.05, 0.1) is 5.75 Å². The summed E-state index contributed by atoms with van der Waals surface area (Å²) in [6.45, 7) is 1.33. The molecule has 0 amide bonds. The Kier molecular flexibility index (Phi) is 2.81. The minimum Gasteiger partial charge on any atom is -0.319 e. The Hall–Kier alpha value is -0.130. The fraction of sp³-hybridized carbons (Fsp3) is 1.00. The molecule has 2 rings (SSSR count). The van der Waals surface area contributed by atoms with Gasteiger partial charge in [-0.3, -0.25) is 0 Å². The highest BCUT2D eigenvalue weighted by Crippen LogP contribution is 2.38. The maximum atomic E-state index is 11.9. The fourth-order valence-corrected chi connectivity index (χ4v) is 4.35. The summed E-state index contributed by atoms with van der Waals surface area (Å²) in [6, 6.07) is 0.321. The van der Waals surface area contributed by atoms with Crippen LogP contribution < -0.4 is 5.32 Å². The molecule has 2 aliphatic rings. The normalized spacial score (nSPS) is 32.6. The standard InChI is InChI=1S/C9H18N2O2S/c1-10-4-5-14(12,13)11-7-8-2-3-9(11)6-8/h8-10H,2-7H2,1H3. The summed E-state index contributed by atoms with van der Waals surface area (Å²) in [5.74, 6) is 0.886. The van der Waals surface area contributed by atoms with Crippen molar-refractivity contribution in [2.24, 2.45) is 5.92 Å². The lowest BCUT2D eigenvalue weighted by molar-refractivity contribution is 0.333. The summed E-state index contributed by atoms with van der Waals surface area (Å²) in [5, 5.41) is 2.89. The molecule has 0 spiro atoms. The van der Waals surface area contributed by atoms with E-state index < -0.39 is 10.0 Å². The summed E-state index contributed by atoms with van der Waals surface area (Å²) >= 11 is 0. The van der Waals surface area contributed by atoms with Crippen LogP contribution in [0.25, 0.3) is 0 Å². The summed E-state index contributed by atoms with van der Waals surface area (Å²) in [6.07, 6.45) is 3.39. The van der Waals surface area contributed by atoms with E-state index in [9.17, 15) is 8.42 Å². The summed E-state index contributed by atoms with van der Waals surface area (Å²) in [4.78, 5) is 0. The maximum absolute atomic E-state index is 11.9. The Balaban J connectivity index is 2.01. The minimum absolute atomic E-state index is 0.243. The molecule has 0 aromatic rings. The van der Waals surface area contributed by atoms with Crippen LogP contribution >= 0.6 is 0 Å². The molecule has 1 aliphatic carbocycles. The van der Waals surface area contributed by atoms with Gasteiger partial charge in [0.15, 0.2) is 0 Å². The van der Waals surface area contributed by atoms with Gasteiger partial charge in [-0.25, -0.2) is 8.42 Å². The van der Waals surface area contributed by atoms with Crippen molar-refractivity contribution in [3.8, 4) is 0 Å². The van der Waals surface area contributed by atoms with E-state index in [-0.39, 0.29) is 5.75 Å². The van der Waals surface area contributed by atoms with E-state index in [0.29, 0.717) is 18.5 Å². The average molecular weight is 218 g/mol. The first-order valence-corrected chi connectivity index (χ1v) is 6.88. The van der Waals surface area contributed by atoms with Crippen LogP contribution in [0.1, 0.15) is 19.3 Å². The molecular formula is C9H18N2O2S. The number of nitrogens with zero attached hydrogens (tertiary/aromatic N) is 1. The third kappa shape index (κ3) is 1.81. The Morgan fingerprint density at radius 3 is 2.71 bits per heavy atom. The minimum atomic E-state index is -2.98. The van der Waals surface area contributed by atoms with Gasteiger partial charge in [0.2, 0.25) is 10.0 Å². The van der Waals surface area contributed by atoms with E-state index >= 15 is 0 Å². The van der Waals surface area contributed by atoms with Crippen LogP contribution in [0.2, 0.25) is 0 Å². The van der Waals surface area contributed by atoms with Gasteiger partial charge in [-0.15, -0.1) is 0 Å². The first-order valence-electron chi connectivity index (χ1n) is 5.27. The molecule has 2 unspecified atom stereocenters. The van der Waals surface area contributed by atoms with E-state index in [1.165, 1.54) is 6.42 Å². The first-order chi connectivity index (χ1) is 6.63. The summed E-state index contributed by atoms with van der Waals surface area (Å²) < 4.78 is 25.5. The van der Waals surface area contributed by atoms with Crippen molar-refractivity contribution in [1.82, 2.24) is 9.62 Å².